The minimum atomic E-state index is -0.554. The molecule has 0 aromatic heterocycles. The van der Waals surface area contributed by atoms with Crippen molar-refractivity contribution in [2.45, 2.75) is 51.0 Å². The lowest BCUT2D eigenvalue weighted by Crippen LogP contribution is -2.43. The van der Waals surface area contributed by atoms with Gasteiger partial charge in [-0.1, -0.05) is 24.3 Å². The number of nitrogens with one attached hydrogen (secondary N) is 1. The highest BCUT2D eigenvalue weighted by Gasteiger charge is 2.34. The maximum absolute atomic E-state index is 13.2. The maximum atomic E-state index is 13.2. The normalized spacial score (nSPS) is 16.9. The third kappa shape index (κ3) is 9.28. The molecule has 0 spiro atoms. The van der Waals surface area contributed by atoms with Crippen molar-refractivity contribution in [3.05, 3.63) is 61.0 Å². The van der Waals surface area contributed by atoms with Crippen molar-refractivity contribution >= 4 is 17.8 Å². The van der Waals surface area contributed by atoms with Crippen LogP contribution < -0.4 is 5.32 Å². The van der Waals surface area contributed by atoms with Crippen LogP contribution in [0.2, 0.25) is 0 Å². The Balaban J connectivity index is 1.98. The highest BCUT2D eigenvalue weighted by Crippen LogP contribution is 2.24. The standard InChI is InChI=1S/C27H37FN2O5/c1-3-5-8-22(17-20-10-12-23(28)13-11-20)27(34)35-19-24-9-6-15-30(24)26(33)21(7-4-2)18-25(32)29-14-16-31/h3-4,10-13,21-22,24,31H,1-2,5-9,14-19H2,(H,29,32)/t21-,22+,24-/m0/s1. The van der Waals surface area contributed by atoms with E-state index < -0.39 is 11.8 Å². The van der Waals surface area contributed by atoms with Crippen molar-refractivity contribution < 1.29 is 28.6 Å². The van der Waals surface area contributed by atoms with E-state index in [1.165, 1.54) is 12.1 Å². The van der Waals surface area contributed by atoms with Gasteiger partial charge in [0.15, 0.2) is 0 Å². The van der Waals surface area contributed by atoms with E-state index in [2.05, 4.69) is 18.5 Å². The Kier molecular flexibility index (Phi) is 12.2. The summed E-state index contributed by atoms with van der Waals surface area (Å²) in [5.74, 6) is -2.08. The van der Waals surface area contributed by atoms with Gasteiger partial charge in [0.05, 0.1) is 24.5 Å². The molecule has 35 heavy (non-hydrogen) atoms. The fraction of sp³-hybridized carbons (Fsp3) is 0.519. The van der Waals surface area contributed by atoms with Crippen molar-refractivity contribution in [3.8, 4) is 0 Å². The van der Waals surface area contributed by atoms with E-state index in [0.29, 0.717) is 38.6 Å². The average molecular weight is 489 g/mol. The second-order valence-corrected chi connectivity index (χ2v) is 8.85. The smallest absolute Gasteiger partial charge is 0.309 e. The lowest BCUT2D eigenvalue weighted by molar-refractivity contribution is -0.152. The van der Waals surface area contributed by atoms with E-state index in [0.717, 1.165) is 12.0 Å². The molecule has 192 valence electrons. The van der Waals surface area contributed by atoms with Gasteiger partial charge in [-0.3, -0.25) is 14.4 Å². The molecule has 0 bridgehead atoms. The molecular weight excluding hydrogens is 451 g/mol. The fourth-order valence-electron chi connectivity index (χ4n) is 4.32. The van der Waals surface area contributed by atoms with Gasteiger partial charge in [0.2, 0.25) is 11.8 Å². The zero-order chi connectivity index (χ0) is 25.6. The summed E-state index contributed by atoms with van der Waals surface area (Å²) in [6.07, 6.45) is 6.89. The highest BCUT2D eigenvalue weighted by atomic mass is 19.1. The van der Waals surface area contributed by atoms with Crippen LogP contribution in [0.25, 0.3) is 0 Å². The number of halogens is 1. The molecule has 0 unspecified atom stereocenters. The first kappa shape index (κ1) is 28.2. The van der Waals surface area contributed by atoms with Crippen LogP contribution in [-0.4, -0.2) is 60.1 Å². The van der Waals surface area contributed by atoms with E-state index in [1.54, 1.807) is 29.2 Å². The van der Waals surface area contributed by atoms with Crippen LogP contribution in [0.1, 0.15) is 44.1 Å². The molecule has 0 saturated carbocycles. The Hall–Kier alpha value is -3.00. The fourth-order valence-corrected chi connectivity index (χ4v) is 4.32. The summed E-state index contributed by atoms with van der Waals surface area (Å²) in [6.45, 7) is 8.04. The van der Waals surface area contributed by atoms with Gasteiger partial charge in [-0.25, -0.2) is 4.39 Å². The summed E-state index contributed by atoms with van der Waals surface area (Å²) in [5, 5.41) is 11.5. The van der Waals surface area contributed by atoms with Crippen molar-refractivity contribution in [3.63, 3.8) is 0 Å². The van der Waals surface area contributed by atoms with Gasteiger partial charge in [-0.05, 0) is 56.2 Å². The number of carbonyl (C=O) groups excluding carboxylic acids is 3. The van der Waals surface area contributed by atoms with Crippen LogP contribution in [0.5, 0.6) is 0 Å². The van der Waals surface area contributed by atoms with Crippen molar-refractivity contribution in [1.82, 2.24) is 10.2 Å². The number of hydrogen-bond acceptors (Lipinski definition) is 5. The molecule has 1 aliphatic rings. The molecule has 1 heterocycles. The van der Waals surface area contributed by atoms with E-state index >= 15 is 0 Å². The topological polar surface area (TPSA) is 95.9 Å². The molecule has 1 aromatic rings. The predicted molar refractivity (Wildman–Crippen MR) is 132 cm³/mol. The number of aliphatic hydroxyl groups is 1. The Labute approximate surface area is 207 Å². The first-order valence-electron chi connectivity index (χ1n) is 12.2. The summed E-state index contributed by atoms with van der Waals surface area (Å²) in [5.41, 5.74) is 0.849. The van der Waals surface area contributed by atoms with Gasteiger partial charge in [-0.15, -0.1) is 13.2 Å². The summed E-state index contributed by atoms with van der Waals surface area (Å²) >= 11 is 0. The van der Waals surface area contributed by atoms with Crippen LogP contribution in [-0.2, 0) is 25.5 Å². The van der Waals surface area contributed by atoms with Gasteiger partial charge in [0, 0.05) is 19.5 Å². The molecule has 0 aliphatic carbocycles. The number of aliphatic hydroxyl groups excluding tert-OH is 1. The van der Waals surface area contributed by atoms with Crippen molar-refractivity contribution in [2.75, 3.05) is 26.3 Å². The highest BCUT2D eigenvalue weighted by molar-refractivity contribution is 5.86. The molecule has 2 N–H and O–H groups in total. The molecule has 7 nitrogen and oxygen atoms in total. The van der Waals surface area contributed by atoms with Gasteiger partial charge in [0.1, 0.15) is 12.4 Å². The maximum Gasteiger partial charge on any atom is 0.309 e. The first-order valence-corrected chi connectivity index (χ1v) is 12.2. The zero-order valence-corrected chi connectivity index (χ0v) is 20.3. The minimum absolute atomic E-state index is 0.00909. The number of allylic oxidation sites excluding steroid dienone is 2. The van der Waals surface area contributed by atoms with E-state index in [9.17, 15) is 18.8 Å². The van der Waals surface area contributed by atoms with Crippen LogP contribution in [0, 0.1) is 17.7 Å². The number of nitrogens with zero attached hydrogens (tertiary/aromatic N) is 1. The molecule has 2 rings (SSSR count). The summed E-state index contributed by atoms with van der Waals surface area (Å²) in [4.78, 5) is 39.9. The number of benzene rings is 1. The van der Waals surface area contributed by atoms with Crippen LogP contribution >= 0.6 is 0 Å². The summed E-state index contributed by atoms with van der Waals surface area (Å²) < 4.78 is 18.9. The van der Waals surface area contributed by atoms with E-state index in [1.807, 2.05) is 0 Å². The van der Waals surface area contributed by atoms with Gasteiger partial charge in [0.25, 0.3) is 0 Å². The summed E-state index contributed by atoms with van der Waals surface area (Å²) in [7, 11) is 0. The van der Waals surface area contributed by atoms with Crippen molar-refractivity contribution in [2.24, 2.45) is 11.8 Å². The Morgan fingerprint density at radius 2 is 1.94 bits per heavy atom. The number of rotatable bonds is 15. The van der Waals surface area contributed by atoms with Gasteiger partial charge < -0.3 is 20.1 Å². The number of ether oxygens (including phenoxy) is 1. The Bertz CT molecular complexity index is 858. The first-order chi connectivity index (χ1) is 16.9. The minimum Gasteiger partial charge on any atom is -0.463 e. The SMILES string of the molecule is C=CCC[C@H](Cc1ccc(F)cc1)C(=O)OC[C@@H]1CCCN1C(=O)[C@@H](CC=C)CC(=O)NCCO. The molecule has 3 atom stereocenters. The lowest BCUT2D eigenvalue weighted by Gasteiger charge is -2.28. The molecule has 2 amide bonds. The number of esters is 1. The largest absolute Gasteiger partial charge is 0.463 e. The van der Waals surface area contributed by atoms with Crippen molar-refractivity contribution in [1.29, 1.82) is 0 Å². The molecule has 8 heteroatoms. The third-order valence-corrected chi connectivity index (χ3v) is 6.19. The monoisotopic (exact) mass is 488 g/mol. The number of amides is 2. The number of likely N-dealkylation sites (tertiary alicyclic amines) is 1. The molecular formula is C27H37FN2O5. The summed E-state index contributed by atoms with van der Waals surface area (Å²) in [6, 6.07) is 5.83. The second kappa shape index (κ2) is 15.1. The van der Waals surface area contributed by atoms with Crippen LogP contribution in [0.4, 0.5) is 4.39 Å². The quantitative estimate of drug-likeness (QED) is 0.292. The molecule has 1 aromatic carbocycles. The zero-order valence-electron chi connectivity index (χ0n) is 20.3. The third-order valence-electron chi connectivity index (χ3n) is 6.19. The predicted octanol–water partition coefficient (Wildman–Crippen LogP) is 3.18. The average Bonchev–Trinajstić information content (AvgIpc) is 3.33. The molecule has 1 saturated heterocycles. The van der Waals surface area contributed by atoms with E-state index in [-0.39, 0.29) is 55.8 Å². The molecule has 1 fully saturated rings. The number of hydrogen-bond donors (Lipinski definition) is 2. The Morgan fingerprint density at radius 3 is 2.60 bits per heavy atom. The molecule has 1 aliphatic heterocycles. The van der Waals surface area contributed by atoms with E-state index in [4.69, 9.17) is 9.84 Å². The van der Waals surface area contributed by atoms with Crippen LogP contribution in [0.3, 0.4) is 0 Å². The lowest BCUT2D eigenvalue weighted by atomic mass is 9.95. The van der Waals surface area contributed by atoms with Crippen LogP contribution in [0.15, 0.2) is 49.6 Å². The second-order valence-electron chi connectivity index (χ2n) is 8.85. The van der Waals surface area contributed by atoms with Gasteiger partial charge >= 0.3 is 5.97 Å². The molecule has 0 radical (unpaired) electrons. The number of carbonyl (C=O) groups is 3. The Morgan fingerprint density at radius 1 is 1.20 bits per heavy atom. The van der Waals surface area contributed by atoms with Gasteiger partial charge in [-0.2, -0.15) is 0 Å².